The Morgan fingerprint density at radius 3 is 2.64 bits per heavy atom. The van der Waals surface area contributed by atoms with Crippen LogP contribution < -0.4 is 5.32 Å². The Kier molecular flexibility index (Phi) is 5.66. The van der Waals surface area contributed by atoms with E-state index >= 15 is 0 Å². The van der Waals surface area contributed by atoms with Gasteiger partial charge in [0.25, 0.3) is 11.1 Å². The van der Waals surface area contributed by atoms with Crippen LogP contribution >= 0.6 is 27.7 Å². The third-order valence-electron chi connectivity index (χ3n) is 3.52. The highest BCUT2D eigenvalue weighted by Crippen LogP contribution is 2.33. The average molecular weight is 475 g/mol. The van der Waals surface area contributed by atoms with Gasteiger partial charge in [0, 0.05) is 11.8 Å². The number of imide groups is 1. The topological polar surface area (TPSA) is 79.6 Å². The molecule has 1 saturated heterocycles. The van der Waals surface area contributed by atoms with E-state index < -0.39 is 35.3 Å². The van der Waals surface area contributed by atoms with E-state index in [2.05, 4.69) is 21.2 Å². The van der Waals surface area contributed by atoms with Crippen LogP contribution in [0.3, 0.4) is 0 Å². The third-order valence-corrected chi connectivity index (χ3v) is 4.85. The Hall–Kier alpha value is -2.53. The minimum Gasteiger partial charge on any atom is -0.450 e. The van der Waals surface area contributed by atoms with Gasteiger partial charge < -0.3 is 9.73 Å². The minimum atomic E-state index is -4.56. The summed E-state index contributed by atoms with van der Waals surface area (Å²) in [6.45, 7) is -0.625. The number of halogens is 4. The van der Waals surface area contributed by atoms with Crippen molar-refractivity contribution in [1.82, 2.24) is 4.90 Å². The number of rotatable bonds is 4. The summed E-state index contributed by atoms with van der Waals surface area (Å²) in [6, 6.07) is 7.24. The summed E-state index contributed by atoms with van der Waals surface area (Å²) in [5.74, 6) is -1.16. The molecule has 0 aliphatic carbocycles. The summed E-state index contributed by atoms with van der Waals surface area (Å²) in [5, 5.41) is 1.59. The molecule has 1 aromatic heterocycles. The van der Waals surface area contributed by atoms with Crippen molar-refractivity contribution in [1.29, 1.82) is 0 Å². The molecule has 1 N–H and O–H groups in total. The number of nitrogens with zero attached hydrogens (tertiary/aromatic N) is 1. The quantitative estimate of drug-likeness (QED) is 0.647. The zero-order valence-corrected chi connectivity index (χ0v) is 16.2. The van der Waals surface area contributed by atoms with Crippen molar-refractivity contribution >= 4 is 56.5 Å². The van der Waals surface area contributed by atoms with Gasteiger partial charge in [-0.1, -0.05) is 6.07 Å². The fourth-order valence-corrected chi connectivity index (χ4v) is 3.43. The second-order valence-corrected chi connectivity index (χ2v) is 7.31. The van der Waals surface area contributed by atoms with Crippen LogP contribution in [0.5, 0.6) is 0 Å². The van der Waals surface area contributed by atoms with Gasteiger partial charge in [0.05, 0.1) is 10.5 Å². The van der Waals surface area contributed by atoms with Crippen LogP contribution in [0.2, 0.25) is 0 Å². The fourth-order valence-electron chi connectivity index (χ4n) is 2.29. The summed E-state index contributed by atoms with van der Waals surface area (Å²) < 4.78 is 43.9. The van der Waals surface area contributed by atoms with Gasteiger partial charge in [0.15, 0.2) is 4.67 Å². The lowest BCUT2D eigenvalue weighted by Gasteiger charge is -2.13. The molecule has 1 aliphatic heterocycles. The van der Waals surface area contributed by atoms with Crippen LogP contribution in [0.4, 0.5) is 23.7 Å². The lowest BCUT2D eigenvalue weighted by atomic mass is 10.2. The number of furan rings is 1. The van der Waals surface area contributed by atoms with E-state index in [1.165, 1.54) is 12.1 Å². The van der Waals surface area contributed by atoms with Gasteiger partial charge in [-0.05, 0) is 58.0 Å². The standard InChI is InChI=1S/C17H10BrF3N2O4S/c18-13-5-4-11(27-13)7-12-15(25)23(16(26)28-12)8-14(24)22-10-3-1-2-9(6-10)17(19,20)21/h1-7H,8H2,(H,22,24)/b12-7-. The summed E-state index contributed by atoms with van der Waals surface area (Å²) in [7, 11) is 0. The Morgan fingerprint density at radius 2 is 2.00 bits per heavy atom. The summed E-state index contributed by atoms with van der Waals surface area (Å²) in [4.78, 5) is 37.2. The van der Waals surface area contributed by atoms with E-state index in [4.69, 9.17) is 4.42 Å². The number of anilines is 1. The predicted octanol–water partition coefficient (Wildman–Crippen LogP) is 4.74. The molecule has 0 unspecified atom stereocenters. The Labute approximate surface area is 168 Å². The maximum atomic E-state index is 12.7. The first-order valence-corrected chi connectivity index (χ1v) is 9.22. The third kappa shape index (κ3) is 4.65. The molecule has 11 heteroatoms. The molecule has 0 saturated carbocycles. The van der Waals surface area contributed by atoms with Crippen molar-refractivity contribution in [3.63, 3.8) is 0 Å². The number of amides is 3. The number of hydrogen-bond acceptors (Lipinski definition) is 5. The lowest BCUT2D eigenvalue weighted by molar-refractivity contribution is -0.137. The average Bonchev–Trinajstić information content (AvgIpc) is 3.13. The number of carbonyl (C=O) groups is 3. The van der Waals surface area contributed by atoms with Crippen LogP contribution in [0, 0.1) is 0 Å². The molecule has 0 spiro atoms. The first-order valence-electron chi connectivity index (χ1n) is 7.61. The van der Waals surface area contributed by atoms with Gasteiger partial charge in [0.1, 0.15) is 12.3 Å². The van der Waals surface area contributed by atoms with Gasteiger partial charge in [-0.3, -0.25) is 19.3 Å². The summed E-state index contributed by atoms with van der Waals surface area (Å²) in [5.41, 5.74) is -1.02. The Morgan fingerprint density at radius 1 is 1.25 bits per heavy atom. The van der Waals surface area contributed by atoms with Crippen molar-refractivity contribution in [2.24, 2.45) is 0 Å². The molecule has 1 fully saturated rings. The second kappa shape index (κ2) is 7.84. The molecule has 1 aliphatic rings. The highest BCUT2D eigenvalue weighted by molar-refractivity contribution is 9.10. The molecule has 2 heterocycles. The van der Waals surface area contributed by atoms with Gasteiger partial charge in [-0.15, -0.1) is 0 Å². The molecular formula is C17H10BrF3N2O4S. The molecule has 2 aromatic rings. The van der Waals surface area contributed by atoms with Crippen molar-refractivity contribution in [3.05, 3.63) is 57.3 Å². The Balaban J connectivity index is 1.68. The number of benzene rings is 1. The van der Waals surface area contributed by atoms with Gasteiger partial charge in [-0.25, -0.2) is 0 Å². The van der Waals surface area contributed by atoms with Gasteiger partial charge in [0.2, 0.25) is 5.91 Å². The lowest BCUT2D eigenvalue weighted by Crippen LogP contribution is -2.36. The molecule has 3 rings (SSSR count). The van der Waals surface area contributed by atoms with Crippen LogP contribution in [0.15, 0.2) is 50.4 Å². The van der Waals surface area contributed by atoms with E-state index in [-0.39, 0.29) is 10.6 Å². The van der Waals surface area contributed by atoms with Crippen molar-refractivity contribution in [3.8, 4) is 0 Å². The van der Waals surface area contributed by atoms with Gasteiger partial charge >= 0.3 is 6.18 Å². The molecule has 0 atom stereocenters. The molecule has 6 nitrogen and oxygen atoms in total. The SMILES string of the molecule is O=C(CN1C(=O)S/C(=C\c2ccc(Br)o2)C1=O)Nc1cccc(C(F)(F)F)c1. The zero-order chi connectivity index (χ0) is 20.5. The summed E-state index contributed by atoms with van der Waals surface area (Å²) in [6.07, 6.45) is -3.20. The smallest absolute Gasteiger partial charge is 0.416 e. The second-order valence-electron chi connectivity index (χ2n) is 5.54. The Bertz CT molecular complexity index is 987. The first kappa shape index (κ1) is 20.2. The molecule has 0 radical (unpaired) electrons. The van der Waals surface area contributed by atoms with Crippen LogP contribution in [-0.2, 0) is 15.8 Å². The number of thioether (sulfide) groups is 1. The van der Waals surface area contributed by atoms with Crippen molar-refractivity contribution in [2.45, 2.75) is 6.18 Å². The molecular weight excluding hydrogens is 465 g/mol. The van der Waals surface area contributed by atoms with Crippen molar-refractivity contribution in [2.75, 3.05) is 11.9 Å². The maximum absolute atomic E-state index is 12.7. The van der Waals surface area contributed by atoms with E-state index in [0.717, 1.165) is 18.2 Å². The van der Waals surface area contributed by atoms with E-state index in [1.807, 2.05) is 0 Å². The fraction of sp³-hybridized carbons (Fsp3) is 0.118. The van der Waals surface area contributed by atoms with E-state index in [9.17, 15) is 27.6 Å². The number of hydrogen-bond donors (Lipinski definition) is 1. The summed E-state index contributed by atoms with van der Waals surface area (Å²) >= 11 is 3.75. The normalized spacial score (nSPS) is 16.1. The minimum absolute atomic E-state index is 0.0683. The molecule has 1 aromatic carbocycles. The number of nitrogens with one attached hydrogen (secondary N) is 1. The van der Waals surface area contributed by atoms with Crippen LogP contribution in [0.1, 0.15) is 11.3 Å². The molecule has 28 heavy (non-hydrogen) atoms. The maximum Gasteiger partial charge on any atom is 0.416 e. The van der Waals surface area contributed by atoms with Crippen LogP contribution in [-0.4, -0.2) is 28.5 Å². The molecule has 3 amide bonds. The molecule has 0 bridgehead atoms. The zero-order valence-electron chi connectivity index (χ0n) is 13.7. The monoisotopic (exact) mass is 474 g/mol. The predicted molar refractivity (Wildman–Crippen MR) is 99.2 cm³/mol. The van der Waals surface area contributed by atoms with E-state index in [1.54, 1.807) is 12.1 Å². The highest BCUT2D eigenvalue weighted by Gasteiger charge is 2.36. The van der Waals surface area contributed by atoms with Crippen LogP contribution in [0.25, 0.3) is 6.08 Å². The van der Waals surface area contributed by atoms with Gasteiger partial charge in [-0.2, -0.15) is 13.2 Å². The van der Waals surface area contributed by atoms with Crippen molar-refractivity contribution < 1.29 is 32.0 Å². The largest absolute Gasteiger partial charge is 0.450 e. The number of carbonyl (C=O) groups excluding carboxylic acids is 3. The van der Waals surface area contributed by atoms with E-state index in [0.29, 0.717) is 27.1 Å². The molecule has 146 valence electrons. The first-order chi connectivity index (χ1) is 13.1. The highest BCUT2D eigenvalue weighted by atomic mass is 79.9. The number of alkyl halides is 3.